The molecule has 0 aliphatic heterocycles. The highest BCUT2D eigenvalue weighted by molar-refractivity contribution is 14.0. The van der Waals surface area contributed by atoms with Crippen LogP contribution in [-0.2, 0) is 20.1 Å². The number of fused-ring (bicyclic) bond motifs is 1. The molecular formula is C17H23IN6S. The molecule has 0 unspecified atom stereocenters. The molecular weight excluding hydrogens is 447 g/mol. The van der Waals surface area contributed by atoms with Crippen LogP contribution in [0, 0.1) is 13.8 Å². The lowest BCUT2D eigenvalue weighted by Crippen LogP contribution is -2.36. The summed E-state index contributed by atoms with van der Waals surface area (Å²) in [5.41, 5.74) is 3.24. The number of rotatable bonds is 4. The van der Waals surface area contributed by atoms with E-state index in [-0.39, 0.29) is 24.0 Å². The van der Waals surface area contributed by atoms with E-state index in [4.69, 9.17) is 0 Å². The molecule has 0 aliphatic carbocycles. The average molecular weight is 470 g/mol. The van der Waals surface area contributed by atoms with Gasteiger partial charge in [0.15, 0.2) is 5.96 Å². The predicted octanol–water partition coefficient (Wildman–Crippen LogP) is 3.13. The van der Waals surface area contributed by atoms with Crippen molar-refractivity contribution in [2.75, 3.05) is 7.05 Å². The van der Waals surface area contributed by atoms with Gasteiger partial charge >= 0.3 is 0 Å². The number of benzene rings is 1. The Morgan fingerprint density at radius 1 is 1.16 bits per heavy atom. The third-order valence-electron chi connectivity index (χ3n) is 4.00. The van der Waals surface area contributed by atoms with Gasteiger partial charge in [0.25, 0.3) is 0 Å². The predicted molar refractivity (Wildman–Crippen MR) is 115 cm³/mol. The molecule has 0 saturated heterocycles. The average Bonchev–Trinajstić information content (AvgIpc) is 3.08. The lowest BCUT2D eigenvalue weighted by molar-refractivity contribution is 0.735. The van der Waals surface area contributed by atoms with Gasteiger partial charge in [0, 0.05) is 19.0 Å². The van der Waals surface area contributed by atoms with E-state index in [2.05, 4.69) is 43.2 Å². The normalized spacial score (nSPS) is 11.4. The Morgan fingerprint density at radius 2 is 1.88 bits per heavy atom. The summed E-state index contributed by atoms with van der Waals surface area (Å²) in [6, 6.07) is 8.13. The van der Waals surface area contributed by atoms with Crippen molar-refractivity contribution < 1.29 is 0 Å². The summed E-state index contributed by atoms with van der Waals surface area (Å²) in [4.78, 5) is 14.7. The molecule has 25 heavy (non-hydrogen) atoms. The molecule has 3 aromatic rings. The third-order valence-corrected chi connectivity index (χ3v) is 5.07. The molecule has 0 spiro atoms. The molecule has 2 N–H and O–H groups in total. The molecule has 0 aliphatic rings. The highest BCUT2D eigenvalue weighted by atomic mass is 127. The van der Waals surface area contributed by atoms with Crippen molar-refractivity contribution in [2.45, 2.75) is 26.9 Å². The molecule has 8 heteroatoms. The van der Waals surface area contributed by atoms with Crippen LogP contribution >= 0.6 is 35.3 Å². The fourth-order valence-electron chi connectivity index (χ4n) is 2.51. The first-order valence-electron chi connectivity index (χ1n) is 7.86. The molecule has 0 amide bonds. The van der Waals surface area contributed by atoms with Crippen molar-refractivity contribution in [1.82, 2.24) is 25.2 Å². The summed E-state index contributed by atoms with van der Waals surface area (Å²) in [5, 5.41) is 7.68. The van der Waals surface area contributed by atoms with Crippen molar-refractivity contribution >= 4 is 52.3 Å². The molecule has 2 heterocycles. The van der Waals surface area contributed by atoms with Crippen LogP contribution in [-0.4, -0.2) is 27.5 Å². The van der Waals surface area contributed by atoms with Crippen molar-refractivity contribution in [3.8, 4) is 0 Å². The maximum absolute atomic E-state index is 4.66. The molecule has 0 radical (unpaired) electrons. The lowest BCUT2D eigenvalue weighted by atomic mass is 10.3. The third kappa shape index (κ3) is 4.49. The first-order valence-corrected chi connectivity index (χ1v) is 8.68. The topological polar surface area (TPSA) is 67.1 Å². The van der Waals surface area contributed by atoms with Crippen molar-refractivity contribution in [3.05, 3.63) is 45.7 Å². The van der Waals surface area contributed by atoms with E-state index in [1.807, 2.05) is 32.2 Å². The van der Waals surface area contributed by atoms with Gasteiger partial charge in [-0.15, -0.1) is 35.3 Å². The number of aliphatic imine (C=N–C) groups is 1. The molecule has 0 fully saturated rings. The van der Waals surface area contributed by atoms with Gasteiger partial charge in [-0.1, -0.05) is 12.1 Å². The number of halogens is 1. The summed E-state index contributed by atoms with van der Waals surface area (Å²) in [6.45, 7) is 5.41. The van der Waals surface area contributed by atoms with Gasteiger partial charge in [0.2, 0.25) is 0 Å². The van der Waals surface area contributed by atoms with Crippen LogP contribution in [0.4, 0.5) is 0 Å². The lowest BCUT2D eigenvalue weighted by Gasteiger charge is -2.10. The number of para-hydroxylation sites is 2. The number of guanidine groups is 1. The van der Waals surface area contributed by atoms with E-state index in [0.717, 1.165) is 33.5 Å². The van der Waals surface area contributed by atoms with E-state index in [1.54, 1.807) is 18.4 Å². The maximum atomic E-state index is 4.66. The Balaban J connectivity index is 0.00000225. The number of nitrogens with one attached hydrogen (secondary N) is 2. The number of aryl methyl sites for hydroxylation is 3. The highest BCUT2D eigenvalue weighted by Crippen LogP contribution is 2.16. The van der Waals surface area contributed by atoms with Crippen LogP contribution < -0.4 is 10.6 Å². The Labute approximate surface area is 168 Å². The van der Waals surface area contributed by atoms with E-state index >= 15 is 0 Å². The van der Waals surface area contributed by atoms with Crippen LogP contribution in [0.15, 0.2) is 29.3 Å². The maximum Gasteiger partial charge on any atom is 0.191 e. The van der Waals surface area contributed by atoms with Crippen LogP contribution in [0.5, 0.6) is 0 Å². The van der Waals surface area contributed by atoms with E-state index in [1.165, 1.54) is 4.88 Å². The highest BCUT2D eigenvalue weighted by Gasteiger charge is 2.08. The molecule has 2 aromatic heterocycles. The number of thiazole rings is 1. The fourth-order valence-corrected chi connectivity index (χ4v) is 3.38. The van der Waals surface area contributed by atoms with Gasteiger partial charge < -0.3 is 15.2 Å². The van der Waals surface area contributed by atoms with Crippen LogP contribution in [0.2, 0.25) is 0 Å². The van der Waals surface area contributed by atoms with Gasteiger partial charge in [0.1, 0.15) is 10.8 Å². The summed E-state index contributed by atoms with van der Waals surface area (Å²) in [5.74, 6) is 1.72. The van der Waals surface area contributed by atoms with E-state index < -0.39 is 0 Å². The Kier molecular flexibility index (Phi) is 6.77. The first-order chi connectivity index (χ1) is 11.6. The Bertz CT molecular complexity index is 863. The second kappa shape index (κ2) is 8.61. The number of hydrogen-bond donors (Lipinski definition) is 2. The van der Waals surface area contributed by atoms with Crippen LogP contribution in [0.1, 0.15) is 21.4 Å². The molecule has 0 saturated carbocycles. The first kappa shape index (κ1) is 19.6. The van der Waals surface area contributed by atoms with Gasteiger partial charge in [-0.05, 0) is 26.0 Å². The van der Waals surface area contributed by atoms with Gasteiger partial charge in [0.05, 0.1) is 29.8 Å². The zero-order valence-corrected chi connectivity index (χ0v) is 18.0. The molecule has 6 nitrogen and oxygen atoms in total. The Morgan fingerprint density at radius 3 is 2.52 bits per heavy atom. The minimum Gasteiger partial charge on any atom is -0.350 e. The smallest absolute Gasteiger partial charge is 0.191 e. The zero-order chi connectivity index (χ0) is 17.1. The molecule has 3 rings (SSSR count). The zero-order valence-electron chi connectivity index (χ0n) is 14.8. The molecule has 0 bridgehead atoms. The SMILES string of the molecule is CN=C(NCc1nc(C)c(C)s1)NCc1nc2ccccc2n1C.I. The molecule has 134 valence electrons. The van der Waals surface area contributed by atoms with Crippen molar-refractivity contribution in [2.24, 2.45) is 12.0 Å². The van der Waals surface area contributed by atoms with Crippen LogP contribution in [0.3, 0.4) is 0 Å². The summed E-state index contributed by atoms with van der Waals surface area (Å²) < 4.78 is 2.10. The van der Waals surface area contributed by atoms with Gasteiger partial charge in [-0.3, -0.25) is 4.99 Å². The second-order valence-electron chi connectivity index (χ2n) is 5.60. The van der Waals surface area contributed by atoms with Crippen molar-refractivity contribution in [3.63, 3.8) is 0 Å². The summed E-state index contributed by atoms with van der Waals surface area (Å²) >= 11 is 1.71. The molecule has 1 aromatic carbocycles. The quantitative estimate of drug-likeness (QED) is 0.350. The van der Waals surface area contributed by atoms with Crippen molar-refractivity contribution in [1.29, 1.82) is 0 Å². The summed E-state index contributed by atoms with van der Waals surface area (Å²) in [6.07, 6.45) is 0. The van der Waals surface area contributed by atoms with Gasteiger partial charge in [-0.25, -0.2) is 9.97 Å². The second-order valence-corrected chi connectivity index (χ2v) is 6.89. The minimum absolute atomic E-state index is 0. The molecule has 0 atom stereocenters. The van der Waals surface area contributed by atoms with E-state index in [9.17, 15) is 0 Å². The number of nitrogens with zero attached hydrogens (tertiary/aromatic N) is 4. The minimum atomic E-state index is 0. The van der Waals surface area contributed by atoms with E-state index in [0.29, 0.717) is 13.1 Å². The number of hydrogen-bond acceptors (Lipinski definition) is 4. The standard InChI is InChI=1S/C17H22N6S.HI/c1-11-12(2)24-16(21-11)10-20-17(18-3)19-9-15-22-13-7-5-6-8-14(13)23(15)4;/h5-8H,9-10H2,1-4H3,(H2,18,19,20);1H. The summed E-state index contributed by atoms with van der Waals surface area (Å²) in [7, 11) is 3.80. The van der Waals surface area contributed by atoms with Crippen LogP contribution in [0.25, 0.3) is 11.0 Å². The monoisotopic (exact) mass is 470 g/mol. The Hall–Kier alpha value is -1.68. The fraction of sp³-hybridized carbons (Fsp3) is 0.353. The number of aromatic nitrogens is 3. The van der Waals surface area contributed by atoms with Gasteiger partial charge in [-0.2, -0.15) is 0 Å². The largest absolute Gasteiger partial charge is 0.350 e. The number of imidazole rings is 1.